The van der Waals surface area contributed by atoms with Crippen molar-refractivity contribution in [1.29, 1.82) is 0 Å². The first-order valence-electron chi connectivity index (χ1n) is 9.84. The minimum Gasteiger partial charge on any atom is -0.366 e. The molecule has 0 saturated carbocycles. The van der Waals surface area contributed by atoms with Crippen LogP contribution in [0, 0.1) is 6.92 Å². The molecule has 1 amide bonds. The molecule has 0 aliphatic heterocycles. The van der Waals surface area contributed by atoms with Crippen LogP contribution >= 0.6 is 0 Å². The smallest absolute Gasteiger partial charge is 0.250 e. The quantitative estimate of drug-likeness (QED) is 0.461. The van der Waals surface area contributed by atoms with Crippen LogP contribution in [0.2, 0.25) is 0 Å². The number of primary amides is 1. The van der Waals surface area contributed by atoms with Gasteiger partial charge in [0, 0.05) is 48.6 Å². The number of benzene rings is 2. The van der Waals surface area contributed by atoms with Gasteiger partial charge in [0.2, 0.25) is 0 Å². The molecule has 7 nitrogen and oxygen atoms in total. The number of nitrogens with one attached hydrogen (secondary N) is 1. The van der Waals surface area contributed by atoms with Crippen LogP contribution in [0.25, 0.3) is 33.1 Å². The fourth-order valence-corrected chi connectivity index (χ4v) is 3.87. The molecule has 5 aromatic rings. The Balaban J connectivity index is 1.70. The number of carbonyl (C=O) groups excluding carboxylic acids is 1. The van der Waals surface area contributed by atoms with Crippen LogP contribution in [0.3, 0.4) is 0 Å². The van der Waals surface area contributed by atoms with Gasteiger partial charge in [-0.15, -0.1) is 0 Å². The Labute approximate surface area is 178 Å². The van der Waals surface area contributed by atoms with Crippen molar-refractivity contribution in [2.45, 2.75) is 6.92 Å². The maximum atomic E-state index is 11.9. The molecule has 3 aromatic heterocycles. The lowest BCUT2D eigenvalue weighted by Crippen LogP contribution is -2.14. The van der Waals surface area contributed by atoms with Crippen LogP contribution in [0.5, 0.6) is 0 Å². The molecule has 0 bridgehead atoms. The number of fused-ring (bicyclic) bond motifs is 2. The molecule has 3 N–H and O–H groups in total. The first-order valence-corrected chi connectivity index (χ1v) is 9.84. The Hall–Kier alpha value is -4.26. The third-order valence-corrected chi connectivity index (χ3v) is 5.45. The number of nitrogens with zero attached hydrogens (tertiary/aromatic N) is 4. The molecule has 0 atom stereocenters. The molecule has 0 aliphatic carbocycles. The highest BCUT2D eigenvalue weighted by Gasteiger charge is 2.15. The second kappa shape index (κ2) is 7.21. The predicted molar refractivity (Wildman–Crippen MR) is 122 cm³/mol. The van der Waals surface area contributed by atoms with Crippen molar-refractivity contribution in [3.8, 4) is 11.1 Å². The zero-order valence-electron chi connectivity index (χ0n) is 17.1. The maximum Gasteiger partial charge on any atom is 0.250 e. The molecular formula is C24H20N6O. The molecule has 0 unspecified atom stereocenters. The average molecular weight is 408 g/mol. The first kappa shape index (κ1) is 18.7. The van der Waals surface area contributed by atoms with E-state index >= 15 is 0 Å². The van der Waals surface area contributed by atoms with Gasteiger partial charge in [-0.25, -0.2) is 0 Å². The first-order chi connectivity index (χ1) is 15.0. The summed E-state index contributed by atoms with van der Waals surface area (Å²) in [5.74, 6) is -0.511. The van der Waals surface area contributed by atoms with Crippen LogP contribution < -0.4 is 11.1 Å². The van der Waals surface area contributed by atoms with Crippen molar-refractivity contribution in [1.82, 2.24) is 19.5 Å². The van der Waals surface area contributed by atoms with Crippen molar-refractivity contribution < 1.29 is 4.79 Å². The fourth-order valence-electron chi connectivity index (χ4n) is 3.87. The minimum atomic E-state index is -0.511. The van der Waals surface area contributed by atoms with Gasteiger partial charge < -0.3 is 15.6 Å². The van der Waals surface area contributed by atoms with E-state index in [4.69, 9.17) is 5.73 Å². The van der Waals surface area contributed by atoms with E-state index in [-0.39, 0.29) is 0 Å². The molecule has 31 heavy (non-hydrogen) atoms. The largest absolute Gasteiger partial charge is 0.366 e. The van der Waals surface area contributed by atoms with Crippen molar-refractivity contribution in [3.63, 3.8) is 0 Å². The highest BCUT2D eigenvalue weighted by atomic mass is 16.1. The number of nitrogens with two attached hydrogens (primary N) is 1. The zero-order valence-corrected chi connectivity index (χ0v) is 17.1. The highest BCUT2D eigenvalue weighted by Crippen LogP contribution is 2.34. The molecule has 7 heteroatoms. The molecule has 0 aliphatic rings. The number of aromatic nitrogens is 4. The van der Waals surface area contributed by atoms with Crippen molar-refractivity contribution in [2.24, 2.45) is 12.8 Å². The molecule has 0 saturated heterocycles. The van der Waals surface area contributed by atoms with Crippen molar-refractivity contribution in [2.75, 3.05) is 5.32 Å². The van der Waals surface area contributed by atoms with E-state index in [1.54, 1.807) is 24.7 Å². The van der Waals surface area contributed by atoms with Gasteiger partial charge in [0.15, 0.2) is 0 Å². The fraction of sp³-hybridized carbons (Fsp3) is 0.0833. The van der Waals surface area contributed by atoms with Crippen molar-refractivity contribution >= 4 is 39.2 Å². The Kier molecular flexibility index (Phi) is 4.36. The second-order valence-electron chi connectivity index (χ2n) is 7.46. The molecule has 0 fully saturated rings. The maximum absolute atomic E-state index is 11.9. The lowest BCUT2D eigenvalue weighted by molar-refractivity contribution is 0.100. The van der Waals surface area contributed by atoms with Crippen LogP contribution in [-0.4, -0.2) is 25.4 Å². The van der Waals surface area contributed by atoms with E-state index in [9.17, 15) is 4.79 Å². The topological polar surface area (TPSA) is 98.7 Å². The monoisotopic (exact) mass is 408 g/mol. The molecule has 0 radical (unpaired) electrons. The standard InChI is InChI=1S/C24H20N6O/c1-14-22(18(24(25)31)5-7-26-14)29-17-12-19(23-20(13-17)27-8-9-28-23)16-4-3-15-6-10-30(2)21(15)11-16/h3-13,29H,1-2H3,(H2,25,31). The Morgan fingerprint density at radius 1 is 1.00 bits per heavy atom. The van der Waals surface area contributed by atoms with E-state index in [1.807, 2.05) is 32.3 Å². The molecule has 2 aromatic carbocycles. The Morgan fingerprint density at radius 2 is 1.84 bits per heavy atom. The molecule has 0 spiro atoms. The number of hydrogen-bond donors (Lipinski definition) is 2. The minimum absolute atomic E-state index is 0.388. The summed E-state index contributed by atoms with van der Waals surface area (Å²) >= 11 is 0. The summed E-state index contributed by atoms with van der Waals surface area (Å²) < 4.78 is 2.09. The van der Waals surface area contributed by atoms with Gasteiger partial charge in [-0.1, -0.05) is 12.1 Å². The van der Waals surface area contributed by atoms with Crippen LogP contribution in [0.4, 0.5) is 11.4 Å². The number of carbonyl (C=O) groups is 1. The summed E-state index contributed by atoms with van der Waals surface area (Å²) in [6.07, 6.45) is 6.98. The van der Waals surface area contributed by atoms with E-state index < -0.39 is 5.91 Å². The van der Waals surface area contributed by atoms with E-state index in [0.29, 0.717) is 16.9 Å². The van der Waals surface area contributed by atoms with Crippen LogP contribution in [-0.2, 0) is 7.05 Å². The van der Waals surface area contributed by atoms with E-state index in [0.717, 1.165) is 33.4 Å². The van der Waals surface area contributed by atoms with Gasteiger partial charge >= 0.3 is 0 Å². The summed E-state index contributed by atoms with van der Waals surface area (Å²) in [6, 6.07) is 14.0. The number of aryl methyl sites for hydroxylation is 2. The molecule has 3 heterocycles. The molecule has 152 valence electrons. The van der Waals surface area contributed by atoms with Gasteiger partial charge in [0.05, 0.1) is 28.0 Å². The lowest BCUT2D eigenvalue weighted by atomic mass is 10.0. The summed E-state index contributed by atoms with van der Waals surface area (Å²) in [5, 5.41) is 4.51. The number of rotatable bonds is 4. The van der Waals surface area contributed by atoms with Gasteiger partial charge in [-0.05, 0) is 48.2 Å². The van der Waals surface area contributed by atoms with Gasteiger partial charge in [0.25, 0.3) is 5.91 Å². The molecular weight excluding hydrogens is 388 g/mol. The predicted octanol–water partition coefficient (Wildman–Crippen LogP) is 4.33. The lowest BCUT2D eigenvalue weighted by Gasteiger charge is -2.15. The van der Waals surface area contributed by atoms with E-state index in [2.05, 4.69) is 49.1 Å². The van der Waals surface area contributed by atoms with Gasteiger partial charge in [0.1, 0.15) is 0 Å². The van der Waals surface area contributed by atoms with Crippen molar-refractivity contribution in [3.05, 3.63) is 78.5 Å². The third-order valence-electron chi connectivity index (χ3n) is 5.45. The summed E-state index contributed by atoms with van der Waals surface area (Å²) in [7, 11) is 2.03. The van der Waals surface area contributed by atoms with Crippen LogP contribution in [0.15, 0.2) is 67.3 Å². The Morgan fingerprint density at radius 3 is 2.68 bits per heavy atom. The summed E-state index contributed by atoms with van der Waals surface area (Å²) in [5.41, 5.74) is 12.7. The number of pyridine rings is 1. The molecule has 5 rings (SSSR count). The summed E-state index contributed by atoms with van der Waals surface area (Å²) in [4.78, 5) is 25.3. The highest BCUT2D eigenvalue weighted by molar-refractivity contribution is 6.01. The number of amides is 1. The third kappa shape index (κ3) is 3.26. The zero-order chi connectivity index (χ0) is 21.5. The average Bonchev–Trinajstić information content (AvgIpc) is 3.14. The number of hydrogen-bond acceptors (Lipinski definition) is 5. The number of anilines is 2. The van der Waals surface area contributed by atoms with Crippen LogP contribution in [0.1, 0.15) is 16.1 Å². The van der Waals surface area contributed by atoms with E-state index in [1.165, 1.54) is 5.39 Å². The normalized spacial score (nSPS) is 11.2. The Bertz CT molecular complexity index is 1470. The summed E-state index contributed by atoms with van der Waals surface area (Å²) in [6.45, 7) is 1.83. The SMILES string of the molecule is Cc1nccc(C(N)=O)c1Nc1cc(-c2ccc3ccn(C)c3c2)c2nccnc2c1. The second-order valence-corrected chi connectivity index (χ2v) is 7.46. The van der Waals surface area contributed by atoms with Gasteiger partial charge in [-0.3, -0.25) is 19.7 Å². The van der Waals surface area contributed by atoms with Gasteiger partial charge in [-0.2, -0.15) is 0 Å².